The lowest BCUT2D eigenvalue weighted by Gasteiger charge is -2.32. The second-order valence-corrected chi connectivity index (χ2v) is 5.73. The molecule has 2 N–H and O–H groups in total. The number of anilines is 1. The van der Waals surface area contributed by atoms with Crippen molar-refractivity contribution in [2.45, 2.75) is 6.10 Å². The summed E-state index contributed by atoms with van der Waals surface area (Å²) in [5, 5.41) is 0.510. The lowest BCUT2D eigenvalue weighted by atomic mass is 10.1. The van der Waals surface area contributed by atoms with Gasteiger partial charge in [0.15, 0.2) is 0 Å². The van der Waals surface area contributed by atoms with Crippen molar-refractivity contribution in [1.82, 2.24) is 4.90 Å². The van der Waals surface area contributed by atoms with Crippen LogP contribution in [0.3, 0.4) is 0 Å². The third-order valence-electron chi connectivity index (χ3n) is 3.57. The second-order valence-electron chi connectivity index (χ2n) is 4.95. The van der Waals surface area contributed by atoms with Crippen molar-refractivity contribution >= 4 is 34.8 Å². The fraction of sp³-hybridized carbons (Fsp3) is 0.267. The zero-order chi connectivity index (χ0) is 15.7. The molecule has 1 amide bonds. The number of ether oxygens (including phenoxy) is 1. The number of carbonyl (C=O) groups is 1. The van der Waals surface area contributed by atoms with Crippen molar-refractivity contribution in [3.05, 3.63) is 51.9 Å². The number of hydrogen-bond donors (Lipinski definition) is 1. The van der Waals surface area contributed by atoms with Crippen LogP contribution in [-0.2, 0) is 4.74 Å². The Morgan fingerprint density at radius 2 is 2.14 bits per heavy atom. The van der Waals surface area contributed by atoms with Crippen molar-refractivity contribution in [3.8, 4) is 0 Å². The SMILES string of the molecule is Nc1c(Cl)ccc(C(=O)N2CCO[C@@H](c3ccco3)C2)c1Cl. The van der Waals surface area contributed by atoms with Crippen LogP contribution in [0.15, 0.2) is 34.9 Å². The summed E-state index contributed by atoms with van der Waals surface area (Å²) in [6.45, 7) is 1.30. The Kier molecular flexibility index (Phi) is 4.29. The number of nitrogen functional groups attached to an aromatic ring is 1. The Hall–Kier alpha value is -1.69. The first-order valence-corrected chi connectivity index (χ1v) is 7.51. The molecular weight excluding hydrogens is 327 g/mol. The van der Waals surface area contributed by atoms with Crippen LogP contribution in [0, 0.1) is 0 Å². The first-order valence-electron chi connectivity index (χ1n) is 6.75. The maximum Gasteiger partial charge on any atom is 0.255 e. The molecule has 116 valence electrons. The lowest BCUT2D eigenvalue weighted by Crippen LogP contribution is -2.42. The molecule has 0 bridgehead atoms. The summed E-state index contributed by atoms with van der Waals surface area (Å²) in [4.78, 5) is 14.3. The molecule has 5 nitrogen and oxygen atoms in total. The zero-order valence-electron chi connectivity index (χ0n) is 11.6. The molecule has 1 aromatic carbocycles. The molecule has 1 saturated heterocycles. The van der Waals surface area contributed by atoms with E-state index >= 15 is 0 Å². The zero-order valence-corrected chi connectivity index (χ0v) is 13.1. The van der Waals surface area contributed by atoms with Crippen LogP contribution in [0.1, 0.15) is 22.2 Å². The third kappa shape index (κ3) is 2.79. The van der Waals surface area contributed by atoms with E-state index in [0.29, 0.717) is 36.0 Å². The van der Waals surface area contributed by atoms with Crippen molar-refractivity contribution in [2.24, 2.45) is 0 Å². The van der Waals surface area contributed by atoms with Gasteiger partial charge in [-0.15, -0.1) is 0 Å². The second kappa shape index (κ2) is 6.20. The van der Waals surface area contributed by atoms with E-state index in [0.717, 1.165) is 0 Å². The van der Waals surface area contributed by atoms with Gasteiger partial charge in [0.25, 0.3) is 5.91 Å². The maximum absolute atomic E-state index is 12.7. The summed E-state index contributed by atoms with van der Waals surface area (Å²) < 4.78 is 11.0. The molecule has 1 aliphatic rings. The number of nitrogens with zero attached hydrogens (tertiary/aromatic N) is 1. The number of hydrogen-bond acceptors (Lipinski definition) is 4. The molecule has 0 spiro atoms. The normalized spacial score (nSPS) is 18.5. The van der Waals surface area contributed by atoms with Crippen LogP contribution >= 0.6 is 23.2 Å². The number of nitrogens with two attached hydrogens (primary N) is 1. The highest BCUT2D eigenvalue weighted by molar-refractivity contribution is 6.40. The Morgan fingerprint density at radius 3 is 2.86 bits per heavy atom. The Morgan fingerprint density at radius 1 is 1.32 bits per heavy atom. The fourth-order valence-electron chi connectivity index (χ4n) is 2.39. The van der Waals surface area contributed by atoms with Crippen LogP contribution in [0.5, 0.6) is 0 Å². The number of morpholine rings is 1. The fourth-order valence-corrected chi connectivity index (χ4v) is 2.84. The minimum atomic E-state index is -0.281. The van der Waals surface area contributed by atoms with Gasteiger partial charge in [0.2, 0.25) is 0 Å². The number of furan rings is 1. The van der Waals surface area contributed by atoms with E-state index in [4.69, 9.17) is 38.1 Å². The first kappa shape index (κ1) is 15.2. The van der Waals surface area contributed by atoms with Crippen molar-refractivity contribution < 1.29 is 13.9 Å². The molecule has 0 aliphatic carbocycles. The average molecular weight is 341 g/mol. The topological polar surface area (TPSA) is 68.7 Å². The van der Waals surface area contributed by atoms with Gasteiger partial charge >= 0.3 is 0 Å². The Balaban J connectivity index is 1.82. The summed E-state index contributed by atoms with van der Waals surface area (Å²) >= 11 is 12.0. The van der Waals surface area contributed by atoms with Crippen LogP contribution in [-0.4, -0.2) is 30.5 Å². The van der Waals surface area contributed by atoms with E-state index in [1.807, 2.05) is 6.07 Å². The number of halogens is 2. The molecule has 7 heteroatoms. The predicted molar refractivity (Wildman–Crippen MR) is 84.2 cm³/mol. The third-order valence-corrected chi connectivity index (χ3v) is 4.31. The van der Waals surface area contributed by atoms with Gasteiger partial charge in [0.1, 0.15) is 11.9 Å². The Bertz CT molecular complexity index is 688. The van der Waals surface area contributed by atoms with Gasteiger partial charge in [-0.2, -0.15) is 0 Å². The molecule has 1 aliphatic heterocycles. The molecule has 2 aromatic rings. The molecule has 0 unspecified atom stereocenters. The smallest absolute Gasteiger partial charge is 0.255 e. The highest BCUT2D eigenvalue weighted by atomic mass is 35.5. The standard InChI is InChI=1S/C15H14Cl2N2O3/c16-10-4-3-9(13(17)14(10)18)15(20)19-5-7-22-12(8-19)11-2-1-6-21-11/h1-4,6,12H,5,7-8,18H2/t12-/m1/s1. The molecule has 1 aromatic heterocycles. The Labute approximate surface area is 137 Å². The van der Waals surface area contributed by atoms with Crippen LogP contribution in [0.4, 0.5) is 5.69 Å². The highest BCUT2D eigenvalue weighted by Crippen LogP contribution is 2.32. The van der Waals surface area contributed by atoms with Crippen LogP contribution in [0.25, 0.3) is 0 Å². The van der Waals surface area contributed by atoms with Gasteiger partial charge in [-0.25, -0.2) is 0 Å². The van der Waals surface area contributed by atoms with E-state index in [-0.39, 0.29) is 22.7 Å². The summed E-state index contributed by atoms with van der Waals surface area (Å²) in [6.07, 6.45) is 1.30. The van der Waals surface area contributed by atoms with Crippen LogP contribution < -0.4 is 5.73 Å². The molecule has 0 radical (unpaired) electrons. The molecular formula is C15H14Cl2N2O3. The van der Waals surface area contributed by atoms with Gasteiger partial charge in [-0.3, -0.25) is 4.79 Å². The number of carbonyl (C=O) groups excluding carboxylic acids is 1. The van der Waals surface area contributed by atoms with Crippen molar-refractivity contribution in [3.63, 3.8) is 0 Å². The molecule has 1 fully saturated rings. The quantitative estimate of drug-likeness (QED) is 0.851. The average Bonchev–Trinajstić information content (AvgIpc) is 3.07. The van der Waals surface area contributed by atoms with Crippen molar-refractivity contribution in [2.75, 3.05) is 25.4 Å². The monoisotopic (exact) mass is 340 g/mol. The lowest BCUT2D eigenvalue weighted by molar-refractivity contribution is -0.0321. The van der Waals surface area contributed by atoms with Gasteiger partial charge in [0.05, 0.1) is 40.7 Å². The number of rotatable bonds is 2. The van der Waals surface area contributed by atoms with E-state index in [1.165, 1.54) is 0 Å². The molecule has 1 atom stereocenters. The molecule has 22 heavy (non-hydrogen) atoms. The van der Waals surface area contributed by atoms with Gasteiger partial charge < -0.3 is 19.8 Å². The van der Waals surface area contributed by atoms with E-state index in [1.54, 1.807) is 29.4 Å². The maximum atomic E-state index is 12.7. The highest BCUT2D eigenvalue weighted by Gasteiger charge is 2.29. The van der Waals surface area contributed by atoms with Crippen molar-refractivity contribution in [1.29, 1.82) is 0 Å². The largest absolute Gasteiger partial charge is 0.467 e. The summed E-state index contributed by atoms with van der Waals surface area (Å²) in [5.74, 6) is 0.493. The first-order chi connectivity index (χ1) is 10.6. The number of benzene rings is 1. The van der Waals surface area contributed by atoms with Gasteiger partial charge in [0, 0.05) is 6.54 Å². The van der Waals surface area contributed by atoms with Crippen LogP contribution in [0.2, 0.25) is 10.0 Å². The number of amides is 1. The van der Waals surface area contributed by atoms with E-state index in [9.17, 15) is 4.79 Å². The summed E-state index contributed by atoms with van der Waals surface area (Å²) in [7, 11) is 0. The van der Waals surface area contributed by atoms with Gasteiger partial charge in [-0.05, 0) is 24.3 Å². The molecule has 3 rings (SSSR count). The molecule has 0 saturated carbocycles. The summed E-state index contributed by atoms with van der Waals surface area (Å²) in [6, 6.07) is 6.77. The predicted octanol–water partition coefficient (Wildman–Crippen LogP) is 3.38. The summed E-state index contributed by atoms with van der Waals surface area (Å²) in [5.41, 5.74) is 6.33. The minimum absolute atomic E-state index is 0.179. The molecule has 2 heterocycles. The minimum Gasteiger partial charge on any atom is -0.467 e. The van der Waals surface area contributed by atoms with E-state index < -0.39 is 0 Å². The van der Waals surface area contributed by atoms with Gasteiger partial charge in [-0.1, -0.05) is 23.2 Å². The van der Waals surface area contributed by atoms with E-state index in [2.05, 4.69) is 0 Å².